The maximum absolute atomic E-state index is 11.5. The molecule has 1 fully saturated rings. The second kappa shape index (κ2) is 5.88. The number of rotatable bonds is 3. The maximum Gasteiger partial charge on any atom is 0.397 e. The number of nitrogens with zero attached hydrogens (tertiary/aromatic N) is 2. The molecule has 1 saturated heterocycles. The number of hydrogen-bond donors (Lipinski definition) is 0. The van der Waals surface area contributed by atoms with Gasteiger partial charge in [-0.25, -0.2) is 9.78 Å². The molecule has 2 heterocycles. The van der Waals surface area contributed by atoms with Crippen LogP contribution in [0, 0.1) is 0 Å². The Balaban J connectivity index is 1.78. The lowest BCUT2D eigenvalue weighted by atomic mass is 10.1. The monoisotopic (exact) mass is 284 g/mol. The number of likely N-dealkylation sites (tertiary alicyclic amines) is 1. The molecular weight excluding hydrogens is 272 g/mol. The van der Waals surface area contributed by atoms with Gasteiger partial charge in [-0.1, -0.05) is 11.6 Å². The van der Waals surface area contributed by atoms with Gasteiger partial charge in [-0.3, -0.25) is 4.79 Å². The molecule has 0 N–H and O–H groups in total. The Morgan fingerprint density at radius 3 is 2.79 bits per heavy atom. The van der Waals surface area contributed by atoms with Gasteiger partial charge >= 0.3 is 11.9 Å². The van der Waals surface area contributed by atoms with Gasteiger partial charge in [-0.2, -0.15) is 0 Å². The van der Waals surface area contributed by atoms with Crippen LogP contribution in [-0.2, 0) is 14.3 Å². The Morgan fingerprint density at radius 1 is 1.47 bits per heavy atom. The number of carbonyl (C=O) groups excluding carboxylic acids is 2. The Labute approximate surface area is 115 Å². The topological polar surface area (TPSA) is 68.7 Å². The number of amides is 1. The van der Waals surface area contributed by atoms with Crippen molar-refractivity contribution in [3.05, 3.63) is 23.4 Å². The predicted molar refractivity (Wildman–Crippen MR) is 66.9 cm³/mol. The van der Waals surface area contributed by atoms with Crippen molar-refractivity contribution < 1.29 is 19.1 Å². The van der Waals surface area contributed by atoms with Crippen LogP contribution in [0.25, 0.3) is 0 Å². The van der Waals surface area contributed by atoms with Gasteiger partial charge in [0.2, 0.25) is 5.88 Å². The van der Waals surface area contributed by atoms with Crippen LogP contribution in [0.1, 0.15) is 6.92 Å². The third kappa shape index (κ3) is 3.35. The molecule has 102 valence electrons. The summed E-state index contributed by atoms with van der Waals surface area (Å²) in [6.07, 6.45) is 1.32. The van der Waals surface area contributed by atoms with Crippen molar-refractivity contribution in [2.45, 2.75) is 13.0 Å². The molecular formula is C12H13ClN2O4. The molecule has 0 bridgehead atoms. The highest BCUT2D eigenvalue weighted by Crippen LogP contribution is 2.17. The van der Waals surface area contributed by atoms with Crippen LogP contribution in [0.15, 0.2) is 18.3 Å². The van der Waals surface area contributed by atoms with E-state index in [-0.39, 0.29) is 12.7 Å². The van der Waals surface area contributed by atoms with Crippen molar-refractivity contribution >= 4 is 23.5 Å². The summed E-state index contributed by atoms with van der Waals surface area (Å²) in [4.78, 5) is 28.1. The Kier molecular flexibility index (Phi) is 4.21. The van der Waals surface area contributed by atoms with Gasteiger partial charge in [0, 0.05) is 12.3 Å². The van der Waals surface area contributed by atoms with Crippen molar-refractivity contribution in [1.82, 2.24) is 9.88 Å². The van der Waals surface area contributed by atoms with Gasteiger partial charge in [-0.05, 0) is 13.0 Å². The fraction of sp³-hybridized carbons (Fsp3) is 0.417. The van der Waals surface area contributed by atoms with E-state index in [0.29, 0.717) is 24.0 Å². The van der Waals surface area contributed by atoms with Crippen molar-refractivity contribution in [3.8, 4) is 5.88 Å². The summed E-state index contributed by atoms with van der Waals surface area (Å²) < 4.78 is 10.1. The van der Waals surface area contributed by atoms with Crippen LogP contribution in [0.3, 0.4) is 0 Å². The molecule has 0 saturated carbocycles. The van der Waals surface area contributed by atoms with Crippen LogP contribution in [0.4, 0.5) is 0 Å². The summed E-state index contributed by atoms with van der Waals surface area (Å²) in [6.45, 7) is 2.54. The fourth-order valence-electron chi connectivity index (χ4n) is 1.60. The SMILES string of the molecule is CCOC(=O)C(=O)N1CC(Oc2ccc(Cl)cn2)C1. The van der Waals surface area contributed by atoms with Crippen LogP contribution < -0.4 is 4.74 Å². The Hall–Kier alpha value is -1.82. The average molecular weight is 285 g/mol. The molecule has 1 aromatic heterocycles. The summed E-state index contributed by atoms with van der Waals surface area (Å²) in [5.41, 5.74) is 0. The van der Waals surface area contributed by atoms with Crippen LogP contribution >= 0.6 is 11.6 Å². The van der Waals surface area contributed by atoms with Gasteiger partial charge in [0.25, 0.3) is 0 Å². The summed E-state index contributed by atoms with van der Waals surface area (Å²) in [5.74, 6) is -1.02. The summed E-state index contributed by atoms with van der Waals surface area (Å²) in [5, 5.41) is 0.528. The minimum Gasteiger partial charge on any atom is -0.471 e. The minimum absolute atomic E-state index is 0.160. The molecule has 1 amide bonds. The maximum atomic E-state index is 11.5. The number of pyridine rings is 1. The normalized spacial score (nSPS) is 14.7. The fourth-order valence-corrected chi connectivity index (χ4v) is 1.71. The van der Waals surface area contributed by atoms with E-state index in [0.717, 1.165) is 0 Å². The zero-order valence-electron chi connectivity index (χ0n) is 10.3. The molecule has 0 unspecified atom stereocenters. The number of hydrogen-bond acceptors (Lipinski definition) is 5. The Bertz CT molecular complexity index is 471. The molecule has 7 heteroatoms. The molecule has 0 spiro atoms. The van der Waals surface area contributed by atoms with Gasteiger partial charge in [0.1, 0.15) is 6.10 Å². The smallest absolute Gasteiger partial charge is 0.397 e. The highest BCUT2D eigenvalue weighted by Gasteiger charge is 2.36. The molecule has 1 aliphatic heterocycles. The summed E-state index contributed by atoms with van der Waals surface area (Å²) >= 11 is 5.70. The second-order valence-corrected chi connectivity index (χ2v) is 4.42. The van der Waals surface area contributed by atoms with Crippen molar-refractivity contribution in [2.75, 3.05) is 19.7 Å². The molecule has 0 aliphatic carbocycles. The van der Waals surface area contributed by atoms with Gasteiger partial charge in [-0.15, -0.1) is 0 Å². The highest BCUT2D eigenvalue weighted by molar-refractivity contribution is 6.32. The summed E-state index contributed by atoms with van der Waals surface area (Å²) in [6, 6.07) is 3.32. The Morgan fingerprint density at radius 2 is 2.21 bits per heavy atom. The van der Waals surface area contributed by atoms with Crippen molar-refractivity contribution in [1.29, 1.82) is 0 Å². The third-order valence-corrected chi connectivity index (χ3v) is 2.80. The van der Waals surface area contributed by atoms with E-state index >= 15 is 0 Å². The highest BCUT2D eigenvalue weighted by atomic mass is 35.5. The lowest BCUT2D eigenvalue weighted by molar-refractivity contribution is -0.164. The lowest BCUT2D eigenvalue weighted by Crippen LogP contribution is -2.58. The zero-order chi connectivity index (χ0) is 13.8. The molecule has 2 rings (SSSR count). The molecule has 1 aliphatic rings. The van der Waals surface area contributed by atoms with Gasteiger partial charge in [0.15, 0.2) is 0 Å². The number of esters is 1. The first-order valence-corrected chi connectivity index (χ1v) is 6.22. The summed E-state index contributed by atoms with van der Waals surface area (Å²) in [7, 11) is 0. The van der Waals surface area contributed by atoms with E-state index < -0.39 is 11.9 Å². The molecule has 0 atom stereocenters. The first-order chi connectivity index (χ1) is 9.10. The van der Waals surface area contributed by atoms with Gasteiger partial charge < -0.3 is 14.4 Å². The lowest BCUT2D eigenvalue weighted by Gasteiger charge is -2.37. The van der Waals surface area contributed by atoms with Crippen molar-refractivity contribution in [3.63, 3.8) is 0 Å². The zero-order valence-corrected chi connectivity index (χ0v) is 11.1. The van der Waals surface area contributed by atoms with E-state index in [1.807, 2.05) is 0 Å². The largest absolute Gasteiger partial charge is 0.471 e. The van der Waals surface area contributed by atoms with Crippen LogP contribution in [-0.4, -0.2) is 47.6 Å². The van der Waals surface area contributed by atoms with E-state index in [9.17, 15) is 9.59 Å². The standard InChI is InChI=1S/C12H13ClN2O4/c1-2-18-12(17)11(16)15-6-9(7-15)19-10-4-3-8(13)5-14-10/h3-5,9H,2,6-7H2,1H3. The third-order valence-electron chi connectivity index (χ3n) is 2.57. The van der Waals surface area contributed by atoms with Gasteiger partial charge in [0.05, 0.1) is 24.7 Å². The average Bonchev–Trinajstić information content (AvgIpc) is 2.35. The number of ether oxygens (including phenoxy) is 2. The van der Waals surface area contributed by atoms with E-state index in [1.54, 1.807) is 19.1 Å². The minimum atomic E-state index is -0.828. The number of aromatic nitrogens is 1. The predicted octanol–water partition coefficient (Wildman–Crippen LogP) is 0.888. The number of halogens is 1. The van der Waals surface area contributed by atoms with E-state index in [2.05, 4.69) is 9.72 Å². The van der Waals surface area contributed by atoms with E-state index in [1.165, 1.54) is 11.1 Å². The van der Waals surface area contributed by atoms with E-state index in [4.69, 9.17) is 16.3 Å². The molecule has 6 nitrogen and oxygen atoms in total. The second-order valence-electron chi connectivity index (χ2n) is 3.99. The quantitative estimate of drug-likeness (QED) is 0.609. The first kappa shape index (κ1) is 13.6. The first-order valence-electron chi connectivity index (χ1n) is 5.84. The van der Waals surface area contributed by atoms with Crippen LogP contribution in [0.2, 0.25) is 5.02 Å². The molecule has 0 aromatic carbocycles. The molecule has 1 aromatic rings. The van der Waals surface area contributed by atoms with Crippen molar-refractivity contribution in [2.24, 2.45) is 0 Å². The van der Waals surface area contributed by atoms with Crippen LogP contribution in [0.5, 0.6) is 5.88 Å². The molecule has 0 radical (unpaired) electrons. The number of carbonyl (C=O) groups is 2. The molecule has 19 heavy (non-hydrogen) atoms.